The van der Waals surface area contributed by atoms with Gasteiger partial charge in [0.15, 0.2) is 0 Å². The summed E-state index contributed by atoms with van der Waals surface area (Å²) in [6.07, 6.45) is -4.66. The average Bonchev–Trinajstić information content (AvgIpc) is 3.62. The number of rotatable bonds is 5. The van der Waals surface area contributed by atoms with Crippen molar-refractivity contribution in [1.82, 2.24) is 4.57 Å². The molecule has 4 heterocycles. The maximum absolute atomic E-state index is 13.8. The van der Waals surface area contributed by atoms with E-state index in [4.69, 9.17) is 11.6 Å². The molecular weight excluding hydrogens is 619 g/mol. The number of halogens is 4. The number of aromatic nitrogens is 1. The Morgan fingerprint density at radius 2 is 1.76 bits per heavy atom. The molecule has 0 unspecified atom stereocenters. The zero-order valence-corrected chi connectivity index (χ0v) is 23.8. The van der Waals surface area contributed by atoms with Crippen molar-refractivity contribution in [3.05, 3.63) is 96.1 Å². The van der Waals surface area contributed by atoms with Crippen LogP contribution in [0, 0.1) is 5.92 Å². The number of alkyl halides is 3. The molecular formula is C27H17ClF3N3O4S3. The van der Waals surface area contributed by atoms with Gasteiger partial charge < -0.3 is 5.32 Å². The Bertz CT molecular complexity index is 1730. The topological polar surface area (TPSA) is 88.5 Å². The van der Waals surface area contributed by atoms with Crippen LogP contribution in [0.25, 0.3) is 0 Å². The Labute approximate surface area is 247 Å². The molecule has 3 atom stereocenters. The number of thioether (sulfide) groups is 1. The van der Waals surface area contributed by atoms with Crippen LogP contribution >= 0.6 is 46.0 Å². The Kier molecular flexibility index (Phi) is 7.09. The number of amides is 3. The van der Waals surface area contributed by atoms with E-state index in [1.54, 1.807) is 41.8 Å². The van der Waals surface area contributed by atoms with Crippen molar-refractivity contribution in [2.75, 3.05) is 10.2 Å². The molecule has 0 bridgehead atoms. The van der Waals surface area contributed by atoms with Gasteiger partial charge in [-0.25, -0.2) is 4.90 Å². The van der Waals surface area contributed by atoms with Crippen LogP contribution in [0.2, 0.25) is 5.02 Å². The molecule has 3 amide bonds. The highest BCUT2D eigenvalue weighted by Gasteiger charge is 2.57. The van der Waals surface area contributed by atoms with E-state index in [0.717, 1.165) is 51.1 Å². The predicted octanol–water partition coefficient (Wildman–Crippen LogP) is 6.08. The summed E-state index contributed by atoms with van der Waals surface area (Å²) in [5.41, 5.74) is -0.667. The highest BCUT2D eigenvalue weighted by molar-refractivity contribution is 8.00. The third kappa shape index (κ3) is 5.00. The molecule has 4 aromatic rings. The number of carbonyl (C=O) groups excluding carboxylic acids is 3. The summed E-state index contributed by atoms with van der Waals surface area (Å²) in [4.78, 5) is 55.1. The zero-order valence-electron chi connectivity index (χ0n) is 20.6. The number of fused-ring (bicyclic) bond motifs is 2. The summed E-state index contributed by atoms with van der Waals surface area (Å²) in [5.74, 6) is -3.41. The van der Waals surface area contributed by atoms with Crippen LogP contribution in [0.1, 0.15) is 21.2 Å². The Morgan fingerprint density at radius 1 is 1.00 bits per heavy atom. The molecule has 2 aliphatic rings. The van der Waals surface area contributed by atoms with E-state index in [1.807, 2.05) is 0 Å². The van der Waals surface area contributed by atoms with Crippen LogP contribution in [0.4, 0.5) is 24.5 Å². The molecule has 6 rings (SSSR count). The lowest BCUT2D eigenvalue weighted by atomic mass is 9.87. The average molecular weight is 636 g/mol. The molecule has 2 aromatic heterocycles. The smallest absolute Gasteiger partial charge is 0.325 e. The van der Waals surface area contributed by atoms with Crippen molar-refractivity contribution in [2.45, 2.75) is 28.9 Å². The van der Waals surface area contributed by atoms with Crippen molar-refractivity contribution in [3.8, 4) is 0 Å². The fourth-order valence-corrected chi connectivity index (χ4v) is 8.83. The second-order valence-corrected chi connectivity index (χ2v) is 12.8. The first-order valence-corrected chi connectivity index (χ1v) is 15.0. The molecule has 2 aliphatic heterocycles. The van der Waals surface area contributed by atoms with Crippen molar-refractivity contribution in [1.29, 1.82) is 0 Å². The molecule has 0 radical (unpaired) electrons. The van der Waals surface area contributed by atoms with E-state index in [1.165, 1.54) is 22.0 Å². The van der Waals surface area contributed by atoms with Gasteiger partial charge in [0.2, 0.25) is 17.7 Å². The second-order valence-electron chi connectivity index (χ2n) is 9.30. The number of thiazole rings is 1. The first-order chi connectivity index (χ1) is 19.5. The third-order valence-electron chi connectivity index (χ3n) is 6.76. The van der Waals surface area contributed by atoms with Gasteiger partial charge in [-0.2, -0.15) is 13.2 Å². The van der Waals surface area contributed by atoms with Gasteiger partial charge >= 0.3 is 11.0 Å². The number of nitrogens with zero attached hydrogens (tertiary/aromatic N) is 2. The van der Waals surface area contributed by atoms with Crippen LogP contribution in [0.3, 0.4) is 0 Å². The number of thiophene rings is 1. The van der Waals surface area contributed by atoms with Crippen LogP contribution in [-0.4, -0.2) is 27.5 Å². The minimum Gasteiger partial charge on any atom is -0.325 e. The summed E-state index contributed by atoms with van der Waals surface area (Å²) >= 11 is 9.13. The van der Waals surface area contributed by atoms with Crippen LogP contribution in [-0.2, 0) is 27.1 Å². The monoisotopic (exact) mass is 635 g/mol. The third-order valence-corrected chi connectivity index (χ3v) is 10.6. The number of hydrogen-bond donors (Lipinski definition) is 1. The van der Waals surface area contributed by atoms with Crippen molar-refractivity contribution in [2.24, 2.45) is 5.92 Å². The summed E-state index contributed by atoms with van der Waals surface area (Å²) < 4.78 is 41.5. The largest absolute Gasteiger partial charge is 0.416 e. The van der Waals surface area contributed by atoms with E-state index in [0.29, 0.717) is 20.6 Å². The first-order valence-electron chi connectivity index (χ1n) is 12.1. The summed E-state index contributed by atoms with van der Waals surface area (Å²) in [5, 5.41) is 4.39. The molecule has 14 heteroatoms. The van der Waals surface area contributed by atoms with Gasteiger partial charge in [0.05, 0.1) is 22.2 Å². The summed E-state index contributed by atoms with van der Waals surface area (Å²) in [6.45, 7) is -0.339. The number of anilines is 2. The molecule has 0 aliphatic carbocycles. The van der Waals surface area contributed by atoms with E-state index in [9.17, 15) is 32.3 Å². The van der Waals surface area contributed by atoms with E-state index >= 15 is 0 Å². The van der Waals surface area contributed by atoms with Gasteiger partial charge in [-0.1, -0.05) is 46.8 Å². The number of hydrogen-bond acceptors (Lipinski definition) is 7. The van der Waals surface area contributed by atoms with Crippen LogP contribution < -0.4 is 15.1 Å². The molecule has 2 aromatic carbocycles. The molecule has 0 saturated carbocycles. The highest BCUT2D eigenvalue weighted by atomic mass is 35.5. The Balaban J connectivity index is 1.38. The molecule has 1 N–H and O–H groups in total. The zero-order chi connectivity index (χ0) is 29.1. The fraction of sp³-hybridized carbons (Fsp3) is 0.185. The van der Waals surface area contributed by atoms with Crippen LogP contribution in [0.15, 0.2) is 75.9 Å². The van der Waals surface area contributed by atoms with Gasteiger partial charge in [-0.05, 0) is 53.9 Å². The summed E-state index contributed by atoms with van der Waals surface area (Å²) in [6, 6.07) is 14.1. The van der Waals surface area contributed by atoms with E-state index in [2.05, 4.69) is 5.32 Å². The second kappa shape index (κ2) is 10.5. The fourth-order valence-electron chi connectivity index (χ4n) is 4.98. The maximum atomic E-state index is 13.8. The summed E-state index contributed by atoms with van der Waals surface area (Å²) in [7, 11) is 0. The van der Waals surface area contributed by atoms with Crippen molar-refractivity contribution in [3.63, 3.8) is 0 Å². The van der Waals surface area contributed by atoms with Gasteiger partial charge in [-0.15, -0.1) is 11.3 Å². The molecule has 7 nitrogen and oxygen atoms in total. The Hall–Kier alpha value is -3.39. The number of benzene rings is 2. The standard InChI is InChI=1S/C27H17ClF3N3O4S3/c28-14-6-8-15(9-7-14)32-18(35)12-33-25-22(41-26(33)38)19(17-5-2-10-39-17)20-21(40-25)24(37)34(23(20)36)16-4-1-3-13(11-16)27(29,30)31/h1-11,19-21H,12H2,(H,32,35)/t19-,20-,21+/m0/s1. The quantitative estimate of drug-likeness (QED) is 0.269. The highest BCUT2D eigenvalue weighted by Crippen LogP contribution is 2.54. The van der Waals surface area contributed by atoms with E-state index < -0.39 is 51.4 Å². The van der Waals surface area contributed by atoms with Gasteiger partial charge in [-0.3, -0.25) is 23.7 Å². The molecule has 1 fully saturated rings. The lowest BCUT2D eigenvalue weighted by molar-refractivity contribution is -0.137. The van der Waals surface area contributed by atoms with Gasteiger partial charge in [0.25, 0.3) is 0 Å². The molecule has 0 spiro atoms. The maximum Gasteiger partial charge on any atom is 0.416 e. The van der Waals surface area contributed by atoms with E-state index in [-0.39, 0.29) is 12.2 Å². The first kappa shape index (κ1) is 27.8. The van der Waals surface area contributed by atoms with Crippen LogP contribution in [0.5, 0.6) is 0 Å². The molecule has 41 heavy (non-hydrogen) atoms. The van der Waals surface area contributed by atoms with Crippen molar-refractivity contribution < 1.29 is 27.6 Å². The number of nitrogens with one attached hydrogen (secondary N) is 1. The van der Waals surface area contributed by atoms with Crippen molar-refractivity contribution >= 4 is 75.1 Å². The number of carbonyl (C=O) groups is 3. The Morgan fingerprint density at radius 3 is 2.44 bits per heavy atom. The lowest BCUT2D eigenvalue weighted by Gasteiger charge is -2.29. The number of imide groups is 1. The SMILES string of the molecule is O=C(Cn1c2c(sc1=O)[C@@H](c1cccs1)[C@@H]1C(=O)N(c3cccc(C(F)(F)F)c3)C(=O)[C@@H]1S2)Nc1ccc(Cl)cc1. The normalized spacial score (nSPS) is 20.2. The van der Waals surface area contributed by atoms with Gasteiger partial charge in [0, 0.05) is 26.4 Å². The van der Waals surface area contributed by atoms with Gasteiger partial charge in [0.1, 0.15) is 11.8 Å². The lowest BCUT2D eigenvalue weighted by Crippen LogP contribution is -2.32. The molecule has 210 valence electrons. The minimum atomic E-state index is -4.66. The molecule has 1 saturated heterocycles. The minimum absolute atomic E-state index is 0.169. The predicted molar refractivity (Wildman–Crippen MR) is 152 cm³/mol.